The maximum absolute atomic E-state index is 14.1. The molecule has 1 aliphatic carbocycles. The Balaban J connectivity index is 1.61. The number of ether oxygens (including phenoxy) is 1. The van der Waals surface area contributed by atoms with Crippen molar-refractivity contribution in [2.24, 2.45) is 7.05 Å². The van der Waals surface area contributed by atoms with Crippen molar-refractivity contribution in [3.05, 3.63) is 70.8 Å². The Morgan fingerprint density at radius 2 is 2.17 bits per heavy atom. The number of nitrogens with zero attached hydrogens (tertiary/aromatic N) is 3. The lowest BCUT2D eigenvalue weighted by Gasteiger charge is -2.27. The first-order chi connectivity index (χ1) is 14.1. The van der Waals surface area contributed by atoms with Crippen molar-refractivity contribution in [2.75, 3.05) is 5.32 Å². The monoisotopic (exact) mass is 389 g/mol. The minimum atomic E-state index is -0.484. The van der Waals surface area contributed by atoms with Crippen LogP contribution in [0, 0.1) is 22.7 Å². The van der Waals surface area contributed by atoms with Gasteiger partial charge >= 0.3 is 0 Å². The Kier molecular flexibility index (Phi) is 5.00. The minimum Gasteiger partial charge on any atom is -0.486 e. The van der Waals surface area contributed by atoms with Crippen LogP contribution >= 0.6 is 0 Å². The van der Waals surface area contributed by atoms with E-state index in [1.807, 2.05) is 24.3 Å². The van der Waals surface area contributed by atoms with E-state index in [4.69, 9.17) is 15.4 Å². The molecule has 1 atom stereocenters. The summed E-state index contributed by atoms with van der Waals surface area (Å²) in [5.41, 5.74) is 4.32. The van der Waals surface area contributed by atoms with E-state index >= 15 is 0 Å². The van der Waals surface area contributed by atoms with E-state index in [2.05, 4.69) is 16.5 Å². The number of aryl methyl sites for hydroxylation is 2. The molecule has 6 nitrogen and oxygen atoms in total. The quantitative estimate of drug-likeness (QED) is 0.623. The van der Waals surface area contributed by atoms with E-state index in [-0.39, 0.29) is 11.8 Å². The molecule has 1 aliphatic rings. The van der Waals surface area contributed by atoms with Crippen LogP contribution in [0.5, 0.6) is 5.75 Å². The molecular formula is C22H20FN5O. The smallest absolute Gasteiger partial charge is 0.234 e. The van der Waals surface area contributed by atoms with Gasteiger partial charge in [0.25, 0.3) is 0 Å². The Labute approximate surface area is 168 Å². The molecule has 146 valence electrons. The fraction of sp³-hybridized carbons (Fsp3) is 0.227. The molecule has 2 N–H and O–H groups in total. The summed E-state index contributed by atoms with van der Waals surface area (Å²) < 4.78 is 21.5. The molecule has 0 amide bonds. The number of fused-ring (bicyclic) bond motifs is 1. The highest BCUT2D eigenvalue weighted by Crippen LogP contribution is 2.35. The van der Waals surface area contributed by atoms with E-state index < -0.39 is 5.95 Å². The fourth-order valence-corrected chi connectivity index (χ4v) is 3.62. The second-order valence-corrected chi connectivity index (χ2v) is 7.02. The fourth-order valence-electron chi connectivity index (χ4n) is 3.62. The molecule has 0 radical (unpaired) electrons. The highest BCUT2D eigenvalue weighted by molar-refractivity contribution is 5.88. The van der Waals surface area contributed by atoms with Gasteiger partial charge in [-0.05, 0) is 54.7 Å². The van der Waals surface area contributed by atoms with Gasteiger partial charge in [-0.15, -0.1) is 0 Å². The molecule has 0 saturated carbocycles. The van der Waals surface area contributed by atoms with Gasteiger partial charge in [0.15, 0.2) is 0 Å². The van der Waals surface area contributed by atoms with E-state index in [0.29, 0.717) is 22.6 Å². The molecule has 0 bridgehead atoms. The maximum atomic E-state index is 14.1. The molecule has 1 heterocycles. The van der Waals surface area contributed by atoms with Crippen molar-refractivity contribution in [2.45, 2.75) is 25.4 Å². The molecule has 0 spiro atoms. The number of halogens is 1. The first kappa shape index (κ1) is 18.7. The Morgan fingerprint density at radius 3 is 2.90 bits per heavy atom. The van der Waals surface area contributed by atoms with E-state index in [9.17, 15) is 4.39 Å². The largest absolute Gasteiger partial charge is 0.486 e. The van der Waals surface area contributed by atoms with Crippen LogP contribution in [0.1, 0.15) is 41.2 Å². The summed E-state index contributed by atoms with van der Waals surface area (Å²) in [4.78, 5) is 0. The van der Waals surface area contributed by atoms with Gasteiger partial charge in [-0.25, -0.2) is 4.68 Å². The van der Waals surface area contributed by atoms with Crippen molar-refractivity contribution in [1.29, 1.82) is 10.7 Å². The zero-order valence-corrected chi connectivity index (χ0v) is 15.9. The van der Waals surface area contributed by atoms with Crippen molar-refractivity contribution in [3.8, 4) is 11.8 Å². The Hall–Kier alpha value is -3.66. The normalized spacial score (nSPS) is 15.3. The predicted octanol–water partition coefficient (Wildman–Crippen LogP) is 4.63. The van der Waals surface area contributed by atoms with Crippen LogP contribution in [0.25, 0.3) is 0 Å². The second-order valence-electron chi connectivity index (χ2n) is 7.02. The van der Waals surface area contributed by atoms with Gasteiger partial charge < -0.3 is 15.5 Å². The van der Waals surface area contributed by atoms with Gasteiger partial charge in [0, 0.05) is 24.9 Å². The van der Waals surface area contributed by atoms with Gasteiger partial charge in [0.05, 0.1) is 23.5 Å². The van der Waals surface area contributed by atoms with Gasteiger partial charge in [0.1, 0.15) is 17.5 Å². The third kappa shape index (κ3) is 3.69. The molecule has 3 aromatic rings. The molecule has 0 fully saturated rings. The Bertz CT molecular complexity index is 1110. The van der Waals surface area contributed by atoms with Crippen molar-refractivity contribution >= 4 is 17.6 Å². The first-order valence-corrected chi connectivity index (χ1v) is 9.37. The topological polar surface area (TPSA) is 86.7 Å². The number of nitriles is 1. The first-order valence-electron chi connectivity index (χ1n) is 9.37. The van der Waals surface area contributed by atoms with Gasteiger partial charge in [-0.2, -0.15) is 14.8 Å². The molecule has 0 saturated heterocycles. The highest BCUT2D eigenvalue weighted by atomic mass is 19.1. The summed E-state index contributed by atoms with van der Waals surface area (Å²) in [6.07, 6.45) is 5.30. The zero-order valence-electron chi connectivity index (χ0n) is 15.9. The molecule has 0 aliphatic heterocycles. The molecule has 4 rings (SSSR count). The van der Waals surface area contributed by atoms with Gasteiger partial charge in [-0.3, -0.25) is 0 Å². The van der Waals surface area contributed by atoms with Gasteiger partial charge in [0.2, 0.25) is 5.95 Å². The van der Waals surface area contributed by atoms with Crippen LogP contribution < -0.4 is 10.1 Å². The van der Waals surface area contributed by atoms with Crippen molar-refractivity contribution in [1.82, 2.24) is 9.78 Å². The highest BCUT2D eigenvalue weighted by Gasteiger charge is 2.22. The SMILES string of the molecule is Cn1ncc(Nc2cc(O[C@@H]3CCCc4cc(C#N)ccc43)ccc2C=N)c1F. The average molecular weight is 389 g/mol. The summed E-state index contributed by atoms with van der Waals surface area (Å²) in [6, 6.07) is 13.2. The number of hydrogen-bond donors (Lipinski definition) is 2. The van der Waals surface area contributed by atoms with E-state index in [1.165, 1.54) is 19.5 Å². The lowest BCUT2D eigenvalue weighted by molar-refractivity contribution is 0.183. The number of anilines is 2. The molecule has 0 unspecified atom stereocenters. The Morgan fingerprint density at radius 1 is 1.31 bits per heavy atom. The summed E-state index contributed by atoms with van der Waals surface area (Å²) in [7, 11) is 1.52. The molecule has 2 aromatic carbocycles. The number of aromatic nitrogens is 2. The van der Waals surface area contributed by atoms with Crippen molar-refractivity contribution in [3.63, 3.8) is 0 Å². The van der Waals surface area contributed by atoms with E-state index in [0.717, 1.165) is 35.1 Å². The average Bonchev–Trinajstić information content (AvgIpc) is 3.06. The summed E-state index contributed by atoms with van der Waals surface area (Å²) in [5.74, 6) is 0.145. The summed E-state index contributed by atoms with van der Waals surface area (Å²) in [5, 5.41) is 23.6. The van der Waals surface area contributed by atoms with Crippen LogP contribution in [-0.2, 0) is 13.5 Å². The van der Waals surface area contributed by atoms with Crippen LogP contribution in [0.15, 0.2) is 42.6 Å². The number of benzene rings is 2. The van der Waals surface area contributed by atoms with Crippen LogP contribution in [0.3, 0.4) is 0 Å². The standard InChI is InChI=1S/C22H20FN5O/c1-28-22(23)20(13-26-28)27-19-10-17(7-6-16(19)12-25)29-21-4-2-3-15-9-14(11-24)5-8-18(15)21/h5-10,12-13,21,25,27H,2-4H2,1H3/t21-/m1/s1. The summed E-state index contributed by atoms with van der Waals surface area (Å²) >= 11 is 0. The van der Waals surface area contributed by atoms with Gasteiger partial charge in [-0.1, -0.05) is 6.07 Å². The van der Waals surface area contributed by atoms with Crippen molar-refractivity contribution < 1.29 is 9.13 Å². The molecular weight excluding hydrogens is 369 g/mol. The summed E-state index contributed by atoms with van der Waals surface area (Å²) in [6.45, 7) is 0. The molecule has 7 heteroatoms. The molecule has 29 heavy (non-hydrogen) atoms. The third-order valence-electron chi connectivity index (χ3n) is 5.13. The lowest BCUT2D eigenvalue weighted by atomic mass is 9.88. The predicted molar refractivity (Wildman–Crippen MR) is 108 cm³/mol. The molecule has 1 aromatic heterocycles. The second kappa shape index (κ2) is 7.76. The van der Waals surface area contributed by atoms with Crippen LogP contribution in [0.4, 0.5) is 15.8 Å². The number of hydrogen-bond acceptors (Lipinski definition) is 5. The zero-order chi connectivity index (χ0) is 20.4. The number of rotatable bonds is 5. The maximum Gasteiger partial charge on any atom is 0.234 e. The lowest BCUT2D eigenvalue weighted by Crippen LogP contribution is -2.15. The number of nitrogens with one attached hydrogen (secondary N) is 2. The van der Waals surface area contributed by atoms with Crippen LogP contribution in [-0.4, -0.2) is 16.0 Å². The third-order valence-corrected chi connectivity index (χ3v) is 5.13. The van der Waals surface area contributed by atoms with Crippen LogP contribution in [0.2, 0.25) is 0 Å². The minimum absolute atomic E-state index is 0.111. The van der Waals surface area contributed by atoms with E-state index in [1.54, 1.807) is 12.1 Å².